The highest BCUT2D eigenvalue weighted by Crippen LogP contribution is 2.27. The van der Waals surface area contributed by atoms with Gasteiger partial charge in [0.15, 0.2) is 0 Å². The monoisotopic (exact) mass is 311 g/mol. The van der Waals surface area contributed by atoms with Gasteiger partial charge in [0.1, 0.15) is 11.7 Å². The lowest BCUT2D eigenvalue weighted by atomic mass is 10.0. The molecule has 0 aliphatic rings. The SMILES string of the molecule is COc1cccc(C(O)CNCCc2ccccc2)c1C=C=O. The summed E-state index contributed by atoms with van der Waals surface area (Å²) >= 11 is 0. The van der Waals surface area contributed by atoms with Gasteiger partial charge in [0.2, 0.25) is 0 Å². The number of methoxy groups -OCH3 is 1. The second kappa shape index (κ2) is 8.91. The van der Waals surface area contributed by atoms with Gasteiger partial charge in [-0.25, -0.2) is 4.79 Å². The zero-order valence-electron chi connectivity index (χ0n) is 13.2. The van der Waals surface area contributed by atoms with E-state index in [4.69, 9.17) is 4.74 Å². The van der Waals surface area contributed by atoms with E-state index in [9.17, 15) is 9.90 Å². The molecule has 0 aliphatic carbocycles. The molecule has 2 N–H and O–H groups in total. The fourth-order valence-corrected chi connectivity index (χ4v) is 2.47. The zero-order chi connectivity index (χ0) is 16.5. The predicted molar refractivity (Wildman–Crippen MR) is 91.1 cm³/mol. The van der Waals surface area contributed by atoms with Gasteiger partial charge >= 0.3 is 0 Å². The molecule has 2 aromatic carbocycles. The Hall–Kier alpha value is -2.39. The Kier molecular flexibility index (Phi) is 6.57. The van der Waals surface area contributed by atoms with Gasteiger partial charge in [0.05, 0.1) is 13.2 Å². The van der Waals surface area contributed by atoms with Gasteiger partial charge in [-0.15, -0.1) is 0 Å². The van der Waals surface area contributed by atoms with Gasteiger partial charge in [-0.2, -0.15) is 0 Å². The summed E-state index contributed by atoms with van der Waals surface area (Å²) < 4.78 is 5.23. The molecule has 0 aliphatic heterocycles. The normalized spacial score (nSPS) is 11.6. The average Bonchev–Trinajstić information content (AvgIpc) is 2.60. The fraction of sp³-hybridized carbons (Fsp3) is 0.263. The summed E-state index contributed by atoms with van der Waals surface area (Å²) in [6.07, 6.45) is 1.47. The lowest BCUT2D eigenvalue weighted by Gasteiger charge is -2.16. The summed E-state index contributed by atoms with van der Waals surface area (Å²) in [5.74, 6) is 2.31. The minimum absolute atomic E-state index is 0.402. The second-order valence-electron chi connectivity index (χ2n) is 5.18. The molecule has 4 nitrogen and oxygen atoms in total. The number of aliphatic hydroxyl groups is 1. The van der Waals surface area contributed by atoms with Crippen molar-refractivity contribution in [3.8, 4) is 5.75 Å². The maximum atomic E-state index is 10.7. The number of rotatable bonds is 8. The molecule has 0 amide bonds. The van der Waals surface area contributed by atoms with E-state index in [2.05, 4.69) is 17.4 Å². The Labute approximate surface area is 136 Å². The maximum absolute atomic E-state index is 10.7. The van der Waals surface area contributed by atoms with Gasteiger partial charge in [-0.3, -0.25) is 0 Å². The molecule has 120 valence electrons. The number of aliphatic hydroxyl groups excluding tert-OH is 1. The first-order valence-corrected chi connectivity index (χ1v) is 7.56. The van der Waals surface area contributed by atoms with Crippen LogP contribution in [0.3, 0.4) is 0 Å². The topological polar surface area (TPSA) is 58.6 Å². The summed E-state index contributed by atoms with van der Waals surface area (Å²) in [5, 5.41) is 13.6. The molecule has 23 heavy (non-hydrogen) atoms. The predicted octanol–water partition coefficient (Wildman–Crippen LogP) is 2.41. The molecule has 0 saturated carbocycles. The quantitative estimate of drug-likeness (QED) is 0.580. The lowest BCUT2D eigenvalue weighted by molar-refractivity contribution is 0.174. The fourth-order valence-electron chi connectivity index (χ4n) is 2.47. The first kappa shape index (κ1) is 17.0. The van der Waals surface area contributed by atoms with Gasteiger partial charge in [-0.05, 0) is 30.2 Å². The van der Waals surface area contributed by atoms with Crippen LogP contribution in [-0.2, 0) is 11.2 Å². The van der Waals surface area contributed by atoms with Crippen LogP contribution in [0.15, 0.2) is 48.5 Å². The summed E-state index contributed by atoms with van der Waals surface area (Å²) in [5.41, 5.74) is 2.47. The van der Waals surface area contributed by atoms with Crippen molar-refractivity contribution in [2.75, 3.05) is 20.2 Å². The van der Waals surface area contributed by atoms with E-state index in [-0.39, 0.29) is 0 Å². The van der Waals surface area contributed by atoms with Gasteiger partial charge in [0.25, 0.3) is 0 Å². The smallest absolute Gasteiger partial charge is 0.127 e. The first-order valence-electron chi connectivity index (χ1n) is 7.56. The Bertz CT molecular complexity index is 664. The molecule has 0 heterocycles. The van der Waals surface area contributed by atoms with E-state index >= 15 is 0 Å². The third kappa shape index (κ3) is 4.80. The summed E-state index contributed by atoms with van der Waals surface area (Å²) in [6, 6.07) is 15.5. The number of nitrogens with one attached hydrogen (secondary N) is 1. The Morgan fingerprint density at radius 1 is 1.22 bits per heavy atom. The number of hydrogen-bond donors (Lipinski definition) is 2. The van der Waals surface area contributed by atoms with Crippen LogP contribution in [0.1, 0.15) is 22.8 Å². The third-order valence-electron chi connectivity index (χ3n) is 3.65. The van der Waals surface area contributed by atoms with Crippen molar-refractivity contribution in [3.05, 3.63) is 65.2 Å². The van der Waals surface area contributed by atoms with Crippen LogP contribution in [-0.4, -0.2) is 31.2 Å². The van der Waals surface area contributed by atoms with Crippen molar-refractivity contribution in [3.63, 3.8) is 0 Å². The van der Waals surface area contributed by atoms with E-state index in [1.54, 1.807) is 24.1 Å². The van der Waals surface area contributed by atoms with Crippen molar-refractivity contribution in [1.82, 2.24) is 5.32 Å². The Morgan fingerprint density at radius 2 is 2.00 bits per heavy atom. The summed E-state index contributed by atoms with van der Waals surface area (Å²) in [7, 11) is 1.53. The first-order chi connectivity index (χ1) is 11.3. The van der Waals surface area contributed by atoms with E-state index in [0.717, 1.165) is 13.0 Å². The van der Waals surface area contributed by atoms with Crippen LogP contribution in [0, 0.1) is 0 Å². The number of hydrogen-bond acceptors (Lipinski definition) is 4. The molecular formula is C19H21NO3. The van der Waals surface area contributed by atoms with Gasteiger partial charge in [0, 0.05) is 18.2 Å². The van der Waals surface area contributed by atoms with Gasteiger partial charge in [-0.1, -0.05) is 42.5 Å². The summed E-state index contributed by atoms with van der Waals surface area (Å²) in [6.45, 7) is 1.17. The molecule has 0 spiro atoms. The zero-order valence-corrected chi connectivity index (χ0v) is 13.2. The molecule has 0 bridgehead atoms. The van der Waals surface area contributed by atoms with Crippen molar-refractivity contribution in [2.45, 2.75) is 12.5 Å². The van der Waals surface area contributed by atoms with Crippen molar-refractivity contribution in [2.24, 2.45) is 0 Å². The van der Waals surface area contributed by atoms with Crippen LogP contribution >= 0.6 is 0 Å². The second-order valence-corrected chi connectivity index (χ2v) is 5.18. The largest absolute Gasteiger partial charge is 0.496 e. The highest BCUT2D eigenvalue weighted by atomic mass is 16.5. The molecule has 2 rings (SSSR count). The van der Waals surface area contributed by atoms with E-state index in [1.807, 2.05) is 18.2 Å². The highest BCUT2D eigenvalue weighted by molar-refractivity contribution is 5.79. The Balaban J connectivity index is 1.95. The molecule has 2 aromatic rings. The molecular weight excluding hydrogens is 290 g/mol. The van der Waals surface area contributed by atoms with Crippen LogP contribution in [0.4, 0.5) is 0 Å². The number of ether oxygens (including phenoxy) is 1. The molecule has 4 heteroatoms. The molecule has 0 fully saturated rings. The average molecular weight is 311 g/mol. The Morgan fingerprint density at radius 3 is 2.70 bits per heavy atom. The van der Waals surface area contributed by atoms with E-state index < -0.39 is 6.10 Å². The van der Waals surface area contributed by atoms with E-state index in [1.165, 1.54) is 18.7 Å². The maximum Gasteiger partial charge on any atom is 0.127 e. The van der Waals surface area contributed by atoms with Crippen molar-refractivity contribution in [1.29, 1.82) is 0 Å². The number of carbonyl (C=O) groups excluding carboxylic acids is 1. The standard InChI is InChI=1S/C19H21NO3/c1-23-19-9-5-8-16(17(19)11-13-21)18(22)14-20-12-10-15-6-3-2-4-7-15/h2-9,11,18,20,22H,10,12,14H2,1H3. The van der Waals surface area contributed by atoms with Crippen LogP contribution in [0.5, 0.6) is 5.75 Å². The lowest BCUT2D eigenvalue weighted by Crippen LogP contribution is -2.24. The van der Waals surface area contributed by atoms with Gasteiger partial charge < -0.3 is 15.2 Å². The van der Waals surface area contributed by atoms with Crippen LogP contribution in [0.25, 0.3) is 6.08 Å². The van der Waals surface area contributed by atoms with Crippen molar-refractivity contribution >= 4 is 12.0 Å². The molecule has 1 unspecified atom stereocenters. The molecule has 0 saturated heterocycles. The molecule has 0 aromatic heterocycles. The summed E-state index contributed by atoms with van der Waals surface area (Å²) in [4.78, 5) is 10.7. The minimum Gasteiger partial charge on any atom is -0.496 e. The van der Waals surface area contributed by atoms with Crippen LogP contribution in [0.2, 0.25) is 0 Å². The van der Waals surface area contributed by atoms with Crippen molar-refractivity contribution < 1.29 is 14.6 Å². The van der Waals surface area contributed by atoms with Crippen LogP contribution < -0.4 is 10.1 Å². The number of benzene rings is 2. The molecule has 0 radical (unpaired) electrons. The van der Waals surface area contributed by atoms with E-state index in [0.29, 0.717) is 23.4 Å². The molecule has 1 atom stereocenters. The highest BCUT2D eigenvalue weighted by Gasteiger charge is 2.14. The minimum atomic E-state index is -0.722. The third-order valence-corrected chi connectivity index (χ3v) is 3.65.